The lowest BCUT2D eigenvalue weighted by Crippen LogP contribution is -2.60. The van der Waals surface area contributed by atoms with Crippen molar-refractivity contribution < 1.29 is 41.4 Å². The number of carbonyl (C=O) groups excluding carboxylic acids is 2. The van der Waals surface area contributed by atoms with Crippen LogP contribution in [0.25, 0.3) is 32.9 Å². The van der Waals surface area contributed by atoms with Gasteiger partial charge in [-0.2, -0.15) is 15.2 Å². The van der Waals surface area contributed by atoms with Gasteiger partial charge in [-0.15, -0.1) is 0 Å². The Morgan fingerprint density at radius 2 is 1.95 bits per heavy atom. The van der Waals surface area contributed by atoms with Gasteiger partial charge in [0.1, 0.15) is 53.6 Å². The summed E-state index contributed by atoms with van der Waals surface area (Å²) in [5.74, 6) is -2.55. The highest BCUT2D eigenvalue weighted by molar-refractivity contribution is 6.34. The summed E-state index contributed by atoms with van der Waals surface area (Å²) in [4.78, 5) is 44.1. The lowest BCUT2D eigenvalue weighted by atomic mass is 9.90. The number of aromatic nitrogens is 3. The van der Waals surface area contributed by atoms with Gasteiger partial charge in [0.25, 0.3) is 0 Å². The first-order valence-electron chi connectivity index (χ1n) is 19.7. The fraction of sp³-hybridized carbons (Fsp3) is 0.395. The third-order valence-corrected chi connectivity index (χ3v) is 12.3. The molecular weight excluding hydrogens is 806 g/mol. The molecule has 0 radical (unpaired) electrons. The summed E-state index contributed by atoms with van der Waals surface area (Å²) < 4.78 is 81.4. The van der Waals surface area contributed by atoms with Gasteiger partial charge in [-0.1, -0.05) is 23.7 Å². The van der Waals surface area contributed by atoms with Gasteiger partial charge >= 0.3 is 18.1 Å². The van der Waals surface area contributed by atoms with Gasteiger partial charge in [-0.25, -0.2) is 27.2 Å². The zero-order chi connectivity index (χ0) is 41.9. The van der Waals surface area contributed by atoms with Crippen LogP contribution in [0.1, 0.15) is 60.5 Å². The van der Waals surface area contributed by atoms with E-state index in [0.717, 1.165) is 6.42 Å². The predicted molar refractivity (Wildman–Crippen MR) is 213 cm³/mol. The van der Waals surface area contributed by atoms with Gasteiger partial charge in [-0.05, 0) is 85.8 Å². The van der Waals surface area contributed by atoms with E-state index in [4.69, 9.17) is 25.8 Å². The third kappa shape index (κ3) is 7.17. The molecule has 1 amide bonds. The van der Waals surface area contributed by atoms with E-state index in [1.54, 1.807) is 11.8 Å². The molecule has 0 spiro atoms. The van der Waals surface area contributed by atoms with Crippen LogP contribution in [-0.2, 0) is 11.2 Å². The topological polar surface area (TPSA) is 143 Å². The Bertz CT molecular complexity index is 2630. The van der Waals surface area contributed by atoms with Crippen molar-refractivity contribution in [3.8, 4) is 29.1 Å². The molecule has 5 aliphatic rings. The fourth-order valence-corrected chi connectivity index (χ4v) is 9.67. The molecule has 2 aromatic heterocycles. The number of nitrogens with one attached hydrogen (secondary N) is 1. The first-order chi connectivity index (χ1) is 28.8. The molecule has 310 valence electrons. The lowest BCUT2D eigenvalue weighted by Gasteiger charge is -2.42. The number of alkyl halides is 2. The number of anilines is 1. The van der Waals surface area contributed by atoms with Crippen molar-refractivity contribution in [2.24, 2.45) is 0 Å². The monoisotopic (exact) mass is 843 g/mol. The number of nitriles is 1. The Kier molecular flexibility index (Phi) is 10.1. The number of fused-ring (bicyclic) bond motifs is 7. The van der Waals surface area contributed by atoms with Gasteiger partial charge in [-0.3, -0.25) is 9.88 Å². The molecule has 0 aliphatic carbocycles. The molecule has 6 bridgehead atoms. The van der Waals surface area contributed by atoms with Crippen molar-refractivity contribution in [2.75, 3.05) is 44.3 Å². The third-order valence-electron chi connectivity index (χ3n) is 12.0. The Morgan fingerprint density at radius 3 is 2.78 bits per heavy atom. The van der Waals surface area contributed by atoms with E-state index in [2.05, 4.69) is 25.2 Å². The quantitative estimate of drug-likeness (QED) is 0.105. The second-order valence-electron chi connectivity index (χ2n) is 16.2. The lowest BCUT2D eigenvalue weighted by molar-refractivity contribution is 0.0734. The average molecular weight is 844 g/mol. The molecule has 0 unspecified atom stereocenters. The smallest absolute Gasteiger partial charge is 0.407 e. The average Bonchev–Trinajstić information content (AvgIpc) is 3.73. The molecule has 60 heavy (non-hydrogen) atoms. The minimum absolute atomic E-state index is 0.0222. The van der Waals surface area contributed by atoms with Crippen molar-refractivity contribution >= 4 is 51.2 Å². The molecule has 4 atom stereocenters. The first kappa shape index (κ1) is 39.7. The normalized spacial score (nSPS) is 24.2. The van der Waals surface area contributed by atoms with Crippen LogP contribution in [0, 0.1) is 23.0 Å². The minimum Gasteiger partial charge on any atom is -0.461 e. The maximum absolute atomic E-state index is 17.6. The Morgan fingerprint density at radius 1 is 1.12 bits per heavy atom. The highest BCUT2D eigenvalue weighted by atomic mass is 35.5. The van der Waals surface area contributed by atoms with E-state index in [1.165, 1.54) is 48.7 Å². The SMILES string of the molecule is C[C@@]12C[C@@H](F)CN(C1)c1nc(OC[C@@]34CCCN3C[C@H](F)C4)nc3c(F)c(ncc13)-c1cc(OC(=O)c3c(Cl)cccc3C#N)cc3ccc(F)c(c13)CCCOC(=O)N2. The molecule has 17 heteroatoms. The van der Waals surface area contributed by atoms with E-state index in [-0.39, 0.29) is 125 Å². The molecule has 5 aliphatic heterocycles. The van der Waals surface area contributed by atoms with Crippen LogP contribution in [0.15, 0.2) is 48.7 Å². The van der Waals surface area contributed by atoms with Crippen LogP contribution in [0.3, 0.4) is 0 Å². The zero-order valence-electron chi connectivity index (χ0n) is 32.4. The van der Waals surface area contributed by atoms with Gasteiger partial charge in [0.15, 0.2) is 5.82 Å². The van der Waals surface area contributed by atoms with E-state index in [0.29, 0.717) is 18.4 Å². The number of pyridine rings is 1. The summed E-state index contributed by atoms with van der Waals surface area (Å²) >= 11 is 6.32. The largest absolute Gasteiger partial charge is 0.461 e. The highest BCUT2D eigenvalue weighted by Crippen LogP contribution is 2.43. The number of piperidine rings is 1. The second kappa shape index (κ2) is 15.3. The number of esters is 1. The number of hydrogen-bond acceptors (Lipinski definition) is 11. The molecule has 7 heterocycles. The number of carbonyl (C=O) groups is 2. The maximum atomic E-state index is 17.6. The number of amides is 1. The number of aryl methyl sites for hydroxylation is 1. The van der Waals surface area contributed by atoms with Crippen LogP contribution in [-0.4, -0.2) is 94.7 Å². The highest BCUT2D eigenvalue weighted by Gasteiger charge is 2.49. The van der Waals surface area contributed by atoms with Crippen molar-refractivity contribution in [1.29, 1.82) is 5.26 Å². The molecule has 0 saturated carbocycles. The Balaban J connectivity index is 1.23. The van der Waals surface area contributed by atoms with E-state index < -0.39 is 47.1 Å². The van der Waals surface area contributed by atoms with Gasteiger partial charge in [0, 0.05) is 37.7 Å². The summed E-state index contributed by atoms with van der Waals surface area (Å²) in [6.07, 6.45) is -0.00900. The van der Waals surface area contributed by atoms with E-state index in [9.17, 15) is 19.2 Å². The van der Waals surface area contributed by atoms with Gasteiger partial charge in [0.05, 0.1) is 45.8 Å². The second-order valence-corrected chi connectivity index (χ2v) is 16.6. The number of rotatable bonds is 5. The van der Waals surface area contributed by atoms with Gasteiger partial charge < -0.3 is 24.4 Å². The summed E-state index contributed by atoms with van der Waals surface area (Å²) in [5.41, 5.74) is -2.32. The maximum Gasteiger partial charge on any atom is 0.407 e. The first-order valence-corrected chi connectivity index (χ1v) is 20.1. The van der Waals surface area contributed by atoms with E-state index >= 15 is 13.2 Å². The zero-order valence-corrected chi connectivity index (χ0v) is 33.1. The number of nitrogens with zero attached hydrogens (tertiary/aromatic N) is 6. The number of halogens is 5. The van der Waals surface area contributed by atoms with E-state index in [1.807, 2.05) is 6.07 Å². The predicted octanol–water partition coefficient (Wildman–Crippen LogP) is 7.80. The summed E-state index contributed by atoms with van der Waals surface area (Å²) in [7, 11) is 0. The number of ether oxygens (including phenoxy) is 3. The summed E-state index contributed by atoms with van der Waals surface area (Å²) in [5, 5.41) is 13.1. The molecule has 3 aromatic carbocycles. The molecular formula is C43H38ClF4N7O5. The number of alkyl carbamates (subject to hydrolysis) is 1. The molecule has 1 N–H and O–H groups in total. The standard InChI is InChI=1S/C43H38ClF4N7O5/c1-42-15-25(45)19-54(21-42)38-30-18-50-36(35(48)37(30)51-40(52-38)59-22-43-10-4-11-55(43)20-26(46)16-43)29-14-27(60-39(56)34-24(17-49)5-2-7-31(34)44)13-23-8-9-32(47)28(33(23)29)6-3-12-58-41(57)53-42/h2,5,7-9,13-14,18,25-26H,3-4,6,10-12,15-16,19-22H2,1H3,(H,53,57)/t25-,26-,42-,43+/m1/s1. The van der Waals surface area contributed by atoms with Crippen LogP contribution >= 0.6 is 11.6 Å². The minimum atomic E-state index is -1.45. The molecule has 3 saturated heterocycles. The van der Waals surface area contributed by atoms with Crippen molar-refractivity contribution in [2.45, 2.75) is 68.9 Å². The molecule has 5 aromatic rings. The number of benzene rings is 3. The van der Waals surface area contributed by atoms with Crippen LogP contribution in [0.2, 0.25) is 5.02 Å². The van der Waals surface area contributed by atoms with Gasteiger partial charge in [0.2, 0.25) is 0 Å². The van der Waals surface area contributed by atoms with Crippen molar-refractivity contribution in [3.63, 3.8) is 0 Å². The van der Waals surface area contributed by atoms with Crippen LogP contribution in [0.4, 0.5) is 28.2 Å². The summed E-state index contributed by atoms with van der Waals surface area (Å²) in [6.45, 7) is 2.43. The van der Waals surface area contributed by atoms with Crippen LogP contribution < -0.4 is 19.7 Å². The molecule has 10 rings (SSSR count). The Hall–Kier alpha value is -5.79. The molecule has 3 fully saturated rings. The van der Waals surface area contributed by atoms with Crippen molar-refractivity contribution in [1.82, 2.24) is 25.2 Å². The van der Waals surface area contributed by atoms with Crippen molar-refractivity contribution in [3.05, 3.63) is 82.0 Å². The summed E-state index contributed by atoms with van der Waals surface area (Å²) in [6, 6.07) is 11.5. The fourth-order valence-electron chi connectivity index (χ4n) is 9.41. The number of hydrogen-bond donors (Lipinski definition) is 1. The van der Waals surface area contributed by atoms with Crippen LogP contribution in [0.5, 0.6) is 11.8 Å². The Labute approximate surface area is 346 Å². The molecule has 12 nitrogen and oxygen atoms in total.